The van der Waals surface area contributed by atoms with Crippen molar-refractivity contribution in [3.63, 3.8) is 0 Å². The van der Waals surface area contributed by atoms with Gasteiger partial charge in [-0.15, -0.1) is 0 Å². The summed E-state index contributed by atoms with van der Waals surface area (Å²) in [5.74, 6) is 0. The number of nitrogens with zero attached hydrogens (tertiary/aromatic N) is 2. The zero-order chi connectivity index (χ0) is 24.8. The molecule has 9 rings (SSSR count). The van der Waals surface area contributed by atoms with Gasteiger partial charge in [0, 0.05) is 21.5 Å². The number of hydrogen-bond acceptors (Lipinski definition) is 0. The Morgan fingerprint density at radius 2 is 0.711 bits per heavy atom. The second-order valence-corrected chi connectivity index (χ2v) is 10.1. The zero-order valence-corrected chi connectivity index (χ0v) is 20.6. The van der Waals surface area contributed by atoms with Crippen LogP contribution in [0.15, 0.2) is 133 Å². The maximum absolute atomic E-state index is 2.50. The Kier molecular flexibility index (Phi) is 3.82. The Bertz CT molecular complexity index is 2150. The highest BCUT2D eigenvalue weighted by molar-refractivity contribution is 6.26. The van der Waals surface area contributed by atoms with Crippen LogP contribution in [-0.2, 0) is 0 Å². The van der Waals surface area contributed by atoms with Crippen molar-refractivity contribution in [3.05, 3.63) is 133 Å². The largest absolute Gasteiger partial charge is 0.305 e. The van der Waals surface area contributed by atoms with E-state index in [2.05, 4.69) is 142 Å². The van der Waals surface area contributed by atoms with Crippen LogP contribution in [-0.4, -0.2) is 8.80 Å². The smallest absolute Gasteiger partial charge is 0.0789 e. The quantitative estimate of drug-likeness (QED) is 0.217. The summed E-state index contributed by atoms with van der Waals surface area (Å²) in [6.45, 7) is 0. The monoisotopic (exact) mass is 482 g/mol. The van der Waals surface area contributed by atoms with E-state index >= 15 is 0 Å². The van der Waals surface area contributed by atoms with Crippen molar-refractivity contribution in [1.82, 2.24) is 8.80 Å². The fourth-order valence-corrected chi connectivity index (χ4v) is 6.74. The van der Waals surface area contributed by atoms with Crippen LogP contribution in [0.25, 0.3) is 76.9 Å². The van der Waals surface area contributed by atoms with Crippen molar-refractivity contribution in [2.75, 3.05) is 0 Å². The molecule has 2 nitrogen and oxygen atoms in total. The second-order valence-electron chi connectivity index (χ2n) is 10.1. The molecule has 0 radical (unpaired) electrons. The Morgan fingerprint density at radius 3 is 1.16 bits per heavy atom. The molecule has 0 atom stereocenters. The van der Waals surface area contributed by atoms with Gasteiger partial charge in [0.1, 0.15) is 0 Å². The Hall–Kier alpha value is -5.08. The van der Waals surface area contributed by atoms with Gasteiger partial charge in [-0.3, -0.25) is 0 Å². The topological polar surface area (TPSA) is 8.82 Å². The van der Waals surface area contributed by atoms with Crippen molar-refractivity contribution in [1.29, 1.82) is 0 Å². The highest BCUT2D eigenvalue weighted by Crippen LogP contribution is 2.45. The molecule has 0 aliphatic rings. The molecule has 0 fully saturated rings. The first-order valence-corrected chi connectivity index (χ1v) is 13.1. The molecule has 9 aromatic rings. The number of rotatable bonds is 2. The van der Waals surface area contributed by atoms with Crippen LogP contribution in [0.5, 0.6) is 0 Å². The van der Waals surface area contributed by atoms with Crippen LogP contribution in [0.2, 0.25) is 0 Å². The van der Waals surface area contributed by atoms with Gasteiger partial charge in [-0.1, -0.05) is 109 Å². The fraction of sp³-hybridized carbons (Fsp3) is 0. The summed E-state index contributed by atoms with van der Waals surface area (Å²) in [5, 5.41) is 5.21. The Labute approximate surface area is 218 Å². The fourth-order valence-electron chi connectivity index (χ4n) is 6.74. The van der Waals surface area contributed by atoms with Crippen molar-refractivity contribution in [2.45, 2.75) is 0 Å². The first-order chi connectivity index (χ1) is 18.9. The Morgan fingerprint density at radius 1 is 0.316 bits per heavy atom. The van der Waals surface area contributed by atoms with Crippen molar-refractivity contribution in [3.8, 4) is 22.3 Å². The van der Waals surface area contributed by atoms with Crippen molar-refractivity contribution < 1.29 is 0 Å². The molecule has 0 saturated carbocycles. The molecule has 0 bridgehead atoms. The minimum atomic E-state index is 1.24. The SMILES string of the molecule is c1ccc(-c2ccc3c4c2c2ccccc2n4c2ccc(-c4ccccc4)c4c5ccccc5n3c42)cc1. The van der Waals surface area contributed by atoms with Crippen LogP contribution in [0.1, 0.15) is 0 Å². The molecule has 176 valence electrons. The minimum absolute atomic E-state index is 1.24. The molecule has 38 heavy (non-hydrogen) atoms. The van der Waals surface area contributed by atoms with Crippen molar-refractivity contribution in [2.24, 2.45) is 0 Å². The van der Waals surface area contributed by atoms with Crippen LogP contribution >= 0.6 is 0 Å². The average Bonchev–Trinajstić information content (AvgIpc) is 3.52. The third-order valence-electron chi connectivity index (χ3n) is 8.24. The highest BCUT2D eigenvalue weighted by Gasteiger charge is 2.24. The van der Waals surface area contributed by atoms with Gasteiger partial charge in [0.15, 0.2) is 0 Å². The predicted octanol–water partition coefficient (Wildman–Crippen LogP) is 9.58. The van der Waals surface area contributed by atoms with E-state index in [0.29, 0.717) is 0 Å². The van der Waals surface area contributed by atoms with Gasteiger partial charge in [-0.25, -0.2) is 0 Å². The first-order valence-electron chi connectivity index (χ1n) is 13.1. The maximum Gasteiger partial charge on any atom is 0.0789 e. The lowest BCUT2D eigenvalue weighted by atomic mass is 9.98. The van der Waals surface area contributed by atoms with Gasteiger partial charge in [0.2, 0.25) is 0 Å². The lowest BCUT2D eigenvalue weighted by Gasteiger charge is -2.14. The minimum Gasteiger partial charge on any atom is -0.305 e. The normalized spacial score (nSPS) is 12.2. The molecule has 0 aliphatic carbocycles. The summed E-state index contributed by atoms with van der Waals surface area (Å²) in [5.41, 5.74) is 12.6. The van der Waals surface area contributed by atoms with E-state index in [-0.39, 0.29) is 0 Å². The van der Waals surface area contributed by atoms with Crippen LogP contribution in [0, 0.1) is 0 Å². The summed E-state index contributed by atoms with van der Waals surface area (Å²) in [6, 6.07) is 48.6. The molecule has 0 spiro atoms. The van der Waals surface area contributed by atoms with E-state index in [4.69, 9.17) is 0 Å². The summed E-state index contributed by atoms with van der Waals surface area (Å²) in [4.78, 5) is 0. The van der Waals surface area contributed by atoms with Gasteiger partial charge in [-0.05, 0) is 46.5 Å². The van der Waals surface area contributed by atoms with Gasteiger partial charge in [0.25, 0.3) is 0 Å². The highest BCUT2D eigenvalue weighted by atomic mass is 15.0. The standard InChI is InChI=1S/C36H22N2/c1-3-11-23(12-4-1)25-19-21-31-35-33(25)27-15-7-9-17-29(27)37(35)32-22-20-26(24-13-5-2-6-14-24)34-28-16-8-10-18-30(28)38(31)36(32)34/h1-22H. The molecule has 0 N–H and O–H groups in total. The van der Waals surface area contributed by atoms with Gasteiger partial charge in [0.05, 0.1) is 33.1 Å². The van der Waals surface area contributed by atoms with Gasteiger partial charge >= 0.3 is 0 Å². The summed E-state index contributed by atoms with van der Waals surface area (Å²) >= 11 is 0. The lowest BCUT2D eigenvalue weighted by molar-refractivity contribution is 1.26. The zero-order valence-electron chi connectivity index (χ0n) is 20.6. The summed E-state index contributed by atoms with van der Waals surface area (Å²) < 4.78 is 5.00. The number of fused-ring (bicyclic) bond motifs is 8. The van der Waals surface area contributed by atoms with E-state index < -0.39 is 0 Å². The molecular weight excluding hydrogens is 460 g/mol. The molecular formula is C36H22N2. The molecule has 3 aromatic heterocycles. The molecule has 0 amide bonds. The van der Waals surface area contributed by atoms with E-state index in [1.54, 1.807) is 0 Å². The molecule has 0 saturated heterocycles. The second kappa shape index (κ2) is 7.24. The number of hydrogen-bond donors (Lipinski definition) is 0. The number of para-hydroxylation sites is 2. The molecule has 0 aliphatic heterocycles. The summed E-state index contributed by atoms with van der Waals surface area (Å²) in [6.07, 6.45) is 0. The van der Waals surface area contributed by atoms with Gasteiger partial charge < -0.3 is 8.80 Å². The molecule has 2 heteroatoms. The number of benzene rings is 6. The number of aromatic nitrogens is 2. The van der Waals surface area contributed by atoms with Crippen LogP contribution in [0.4, 0.5) is 0 Å². The van der Waals surface area contributed by atoms with E-state index in [0.717, 1.165) is 0 Å². The van der Waals surface area contributed by atoms with Gasteiger partial charge in [-0.2, -0.15) is 0 Å². The summed E-state index contributed by atoms with van der Waals surface area (Å²) in [7, 11) is 0. The van der Waals surface area contributed by atoms with Crippen molar-refractivity contribution >= 4 is 54.6 Å². The van der Waals surface area contributed by atoms with E-state index in [1.165, 1.54) is 76.9 Å². The molecule has 3 heterocycles. The van der Waals surface area contributed by atoms with Crippen LogP contribution < -0.4 is 0 Å². The average molecular weight is 483 g/mol. The third kappa shape index (κ3) is 2.42. The molecule has 6 aromatic carbocycles. The molecule has 0 unspecified atom stereocenters. The van der Waals surface area contributed by atoms with Crippen LogP contribution in [0.3, 0.4) is 0 Å². The lowest BCUT2D eigenvalue weighted by Crippen LogP contribution is -1.98. The predicted molar refractivity (Wildman–Crippen MR) is 160 cm³/mol. The Balaban J connectivity index is 1.60. The van der Waals surface area contributed by atoms with E-state index in [9.17, 15) is 0 Å². The maximum atomic E-state index is 2.50. The van der Waals surface area contributed by atoms with E-state index in [1.807, 2.05) is 0 Å². The third-order valence-corrected chi connectivity index (χ3v) is 8.24. The first kappa shape index (κ1) is 20.0.